The van der Waals surface area contributed by atoms with Crippen molar-refractivity contribution in [3.05, 3.63) is 46.9 Å². The molecular weight excluding hydrogens is 443 g/mol. The first-order chi connectivity index (χ1) is 16.3. The van der Waals surface area contributed by atoms with Crippen molar-refractivity contribution in [3.63, 3.8) is 0 Å². The van der Waals surface area contributed by atoms with Gasteiger partial charge in [0, 0.05) is 51.6 Å². The van der Waals surface area contributed by atoms with Crippen LogP contribution in [0.25, 0.3) is 0 Å². The molecule has 3 amide bonds. The highest BCUT2D eigenvalue weighted by molar-refractivity contribution is 5.95. The second kappa shape index (κ2) is 11.4. The summed E-state index contributed by atoms with van der Waals surface area (Å²) in [5.41, 5.74) is 1.48. The third kappa shape index (κ3) is 5.56. The highest BCUT2D eigenvalue weighted by Crippen LogP contribution is 2.32. The Morgan fingerprint density at radius 1 is 1.18 bits per heavy atom. The van der Waals surface area contributed by atoms with Gasteiger partial charge in [0.25, 0.3) is 0 Å². The predicted molar refractivity (Wildman–Crippen MR) is 123 cm³/mol. The van der Waals surface area contributed by atoms with Gasteiger partial charge in [-0.05, 0) is 38.5 Å². The zero-order valence-corrected chi connectivity index (χ0v) is 20.2. The Morgan fingerprint density at radius 2 is 1.88 bits per heavy atom. The third-order valence-electron chi connectivity index (χ3n) is 6.13. The second-order valence-electron chi connectivity index (χ2n) is 8.36. The van der Waals surface area contributed by atoms with Gasteiger partial charge in [0.2, 0.25) is 5.91 Å². The lowest BCUT2D eigenvalue weighted by molar-refractivity contribution is -0.139. The molecule has 9 nitrogen and oxygen atoms in total. The minimum atomic E-state index is -0.757. The van der Waals surface area contributed by atoms with E-state index in [9.17, 15) is 18.8 Å². The van der Waals surface area contributed by atoms with Crippen LogP contribution in [-0.2, 0) is 19.1 Å². The molecule has 1 aromatic rings. The zero-order valence-electron chi connectivity index (χ0n) is 20.2. The van der Waals surface area contributed by atoms with Gasteiger partial charge in [-0.15, -0.1) is 0 Å². The van der Waals surface area contributed by atoms with Gasteiger partial charge in [-0.1, -0.05) is 12.1 Å². The Labute approximate surface area is 199 Å². The van der Waals surface area contributed by atoms with Crippen LogP contribution < -0.4 is 5.32 Å². The number of carbonyl (C=O) groups excluding carboxylic acids is 3. The molecule has 1 aromatic carbocycles. The predicted octanol–water partition coefficient (Wildman–Crippen LogP) is 1.91. The topological polar surface area (TPSA) is 91.4 Å². The van der Waals surface area contributed by atoms with Gasteiger partial charge in [0.05, 0.1) is 18.2 Å². The van der Waals surface area contributed by atoms with Gasteiger partial charge in [-0.2, -0.15) is 0 Å². The van der Waals surface area contributed by atoms with E-state index in [1.807, 2.05) is 13.8 Å². The van der Waals surface area contributed by atoms with Crippen LogP contribution in [0.3, 0.4) is 0 Å². The van der Waals surface area contributed by atoms with E-state index in [1.54, 1.807) is 28.9 Å². The monoisotopic (exact) mass is 476 g/mol. The quantitative estimate of drug-likeness (QED) is 0.577. The number of esters is 1. The molecule has 34 heavy (non-hydrogen) atoms. The Hall–Kier alpha value is -2.98. The zero-order chi connectivity index (χ0) is 24.8. The summed E-state index contributed by atoms with van der Waals surface area (Å²) in [5, 5.41) is 2.88. The van der Waals surface area contributed by atoms with E-state index in [0.29, 0.717) is 49.6 Å². The first-order valence-electron chi connectivity index (χ1n) is 11.5. The second-order valence-corrected chi connectivity index (χ2v) is 8.36. The number of nitrogens with zero attached hydrogens (tertiary/aromatic N) is 3. The summed E-state index contributed by atoms with van der Waals surface area (Å²) in [4.78, 5) is 43.9. The molecule has 0 bridgehead atoms. The van der Waals surface area contributed by atoms with Crippen molar-refractivity contribution in [2.24, 2.45) is 0 Å². The average Bonchev–Trinajstić information content (AvgIpc) is 2.79. The molecule has 2 atom stereocenters. The largest absolute Gasteiger partial charge is 0.463 e. The van der Waals surface area contributed by atoms with E-state index < -0.39 is 17.8 Å². The molecule has 1 saturated heterocycles. The molecule has 0 saturated carbocycles. The number of hydrogen-bond donors (Lipinski definition) is 1. The van der Waals surface area contributed by atoms with Crippen molar-refractivity contribution >= 4 is 17.9 Å². The van der Waals surface area contributed by atoms with E-state index in [0.717, 1.165) is 0 Å². The van der Waals surface area contributed by atoms with E-state index in [1.165, 1.54) is 19.2 Å². The molecule has 0 aromatic heterocycles. The number of halogens is 1. The fraction of sp³-hybridized carbons (Fsp3) is 0.542. The highest BCUT2D eigenvalue weighted by atomic mass is 19.1. The first-order valence-corrected chi connectivity index (χ1v) is 11.5. The lowest BCUT2D eigenvalue weighted by Crippen LogP contribution is -2.57. The average molecular weight is 477 g/mol. The van der Waals surface area contributed by atoms with Crippen LogP contribution in [0.2, 0.25) is 0 Å². The van der Waals surface area contributed by atoms with Crippen molar-refractivity contribution in [2.75, 3.05) is 53.0 Å². The van der Waals surface area contributed by atoms with Crippen molar-refractivity contribution in [2.45, 2.75) is 32.9 Å². The molecule has 0 unspecified atom stereocenters. The summed E-state index contributed by atoms with van der Waals surface area (Å²) in [5.74, 6) is -0.991. The van der Waals surface area contributed by atoms with Crippen molar-refractivity contribution in [1.82, 2.24) is 20.0 Å². The van der Waals surface area contributed by atoms with Gasteiger partial charge >= 0.3 is 12.0 Å². The van der Waals surface area contributed by atoms with Crippen LogP contribution >= 0.6 is 0 Å². The Kier molecular flexibility index (Phi) is 8.62. The summed E-state index contributed by atoms with van der Waals surface area (Å²) in [7, 11) is 1.49. The highest BCUT2D eigenvalue weighted by Gasteiger charge is 2.39. The maximum absolute atomic E-state index is 13.5. The normalized spacial score (nSPS) is 21.5. The van der Waals surface area contributed by atoms with Gasteiger partial charge in [0.15, 0.2) is 0 Å². The summed E-state index contributed by atoms with van der Waals surface area (Å²) in [6.07, 6.45) is 0. The van der Waals surface area contributed by atoms with Crippen LogP contribution in [0.5, 0.6) is 0 Å². The molecule has 1 N–H and O–H groups in total. The summed E-state index contributed by atoms with van der Waals surface area (Å²) in [6, 6.07) is 4.57. The number of ether oxygens (including phenoxy) is 2. The van der Waals surface area contributed by atoms with Crippen LogP contribution in [0, 0.1) is 5.82 Å². The van der Waals surface area contributed by atoms with E-state index >= 15 is 0 Å². The third-order valence-corrected chi connectivity index (χ3v) is 6.13. The molecule has 0 radical (unpaired) electrons. The number of rotatable bonds is 8. The van der Waals surface area contributed by atoms with Crippen LogP contribution in [0.1, 0.15) is 32.4 Å². The lowest BCUT2D eigenvalue weighted by Gasteiger charge is -2.42. The number of carbonyl (C=O) groups is 3. The Bertz CT molecular complexity index is 936. The number of amides is 3. The molecule has 2 aliphatic heterocycles. The summed E-state index contributed by atoms with van der Waals surface area (Å²) < 4.78 is 23.9. The van der Waals surface area contributed by atoms with E-state index in [-0.39, 0.29) is 31.2 Å². The van der Waals surface area contributed by atoms with Crippen LogP contribution in [0.4, 0.5) is 9.18 Å². The number of hydrogen-bond acceptors (Lipinski definition) is 6. The molecule has 2 heterocycles. The number of nitrogens with one attached hydrogen (secondary N) is 1. The van der Waals surface area contributed by atoms with Crippen molar-refractivity contribution in [3.8, 4) is 0 Å². The maximum Gasteiger partial charge on any atom is 0.338 e. The van der Waals surface area contributed by atoms with Crippen molar-refractivity contribution < 1.29 is 28.2 Å². The molecule has 186 valence electrons. The van der Waals surface area contributed by atoms with Gasteiger partial charge in [-0.25, -0.2) is 14.0 Å². The minimum Gasteiger partial charge on any atom is -0.463 e. The van der Waals surface area contributed by atoms with Gasteiger partial charge in [0.1, 0.15) is 12.4 Å². The van der Waals surface area contributed by atoms with Crippen LogP contribution in [-0.4, -0.2) is 91.7 Å². The standard InChI is InChI=1S/C24H33FN4O5/c1-5-28-19(14-27-11-12-29(16(3)13-27)20(30)15-33-4)21(23(31)34-6-2)22(26-24(28)32)17-7-9-18(25)10-8-17/h7-10,16,22H,5-6,11-15H2,1-4H3,(H,26,32)/t16-,22+/m1/s1. The number of methoxy groups -OCH3 is 1. The SMILES string of the molecule is CCOC(=O)C1=C(CN2CCN(C(=O)COC)[C@H](C)C2)N(CC)C(=O)N[C@H]1c1ccc(F)cc1. The number of urea groups is 1. The summed E-state index contributed by atoms with van der Waals surface area (Å²) in [6.45, 7) is 8.13. The van der Waals surface area contributed by atoms with E-state index in [4.69, 9.17) is 9.47 Å². The molecule has 1 fully saturated rings. The van der Waals surface area contributed by atoms with Gasteiger partial charge in [-0.3, -0.25) is 14.6 Å². The first kappa shape index (κ1) is 25.6. The molecule has 2 aliphatic rings. The number of piperazine rings is 1. The Balaban J connectivity index is 1.95. The molecule has 10 heteroatoms. The number of benzene rings is 1. The minimum absolute atomic E-state index is 0.0334. The van der Waals surface area contributed by atoms with Crippen LogP contribution in [0.15, 0.2) is 35.5 Å². The fourth-order valence-electron chi connectivity index (χ4n) is 4.53. The molecule has 0 aliphatic carbocycles. The van der Waals surface area contributed by atoms with Crippen molar-refractivity contribution in [1.29, 1.82) is 0 Å². The lowest BCUT2D eigenvalue weighted by atomic mass is 9.94. The maximum atomic E-state index is 13.5. The van der Waals surface area contributed by atoms with E-state index in [2.05, 4.69) is 10.2 Å². The number of likely N-dealkylation sites (N-methyl/N-ethyl adjacent to an activating group) is 1. The fourth-order valence-corrected chi connectivity index (χ4v) is 4.53. The Morgan fingerprint density at radius 3 is 2.47 bits per heavy atom. The molecular formula is C24H33FN4O5. The molecule has 3 rings (SSSR count). The molecule has 0 spiro atoms. The van der Waals surface area contributed by atoms with Gasteiger partial charge < -0.3 is 19.7 Å². The smallest absolute Gasteiger partial charge is 0.338 e. The summed E-state index contributed by atoms with van der Waals surface area (Å²) >= 11 is 0.